The second-order valence-corrected chi connectivity index (χ2v) is 7.26. The molecule has 2 amide bonds. The van der Waals surface area contributed by atoms with E-state index in [0.717, 1.165) is 16.7 Å². The van der Waals surface area contributed by atoms with E-state index >= 15 is 0 Å². The molecule has 0 N–H and O–H groups in total. The van der Waals surface area contributed by atoms with E-state index in [2.05, 4.69) is 10.7 Å². The Bertz CT molecular complexity index is 845. The van der Waals surface area contributed by atoms with E-state index in [9.17, 15) is 14.4 Å². The van der Waals surface area contributed by atoms with Crippen molar-refractivity contribution < 1.29 is 28.6 Å². The van der Waals surface area contributed by atoms with Crippen molar-refractivity contribution in [2.24, 2.45) is 0 Å². The number of hydrogen-bond acceptors (Lipinski definition) is 7. The Kier molecular flexibility index (Phi) is 7.55. The lowest BCUT2D eigenvalue weighted by molar-refractivity contribution is -0.143. The van der Waals surface area contributed by atoms with Gasteiger partial charge in [-0.1, -0.05) is 5.92 Å². The largest absolute Gasteiger partial charge is 0.490 e. The zero-order chi connectivity index (χ0) is 20.0. The van der Waals surface area contributed by atoms with E-state index in [1.807, 2.05) is 29.5 Å². The third-order valence-electron chi connectivity index (χ3n) is 3.31. The molecule has 0 spiro atoms. The first kappa shape index (κ1) is 21.1. The Hall–Kier alpha value is -2.19. The van der Waals surface area contributed by atoms with Gasteiger partial charge in [-0.05, 0) is 65.0 Å². The summed E-state index contributed by atoms with van der Waals surface area (Å²) in [6, 6.07) is 3.43. The van der Waals surface area contributed by atoms with Gasteiger partial charge in [0.05, 0.1) is 28.7 Å². The van der Waals surface area contributed by atoms with Crippen molar-refractivity contribution in [1.29, 1.82) is 0 Å². The van der Waals surface area contributed by atoms with Gasteiger partial charge in [0.15, 0.2) is 18.1 Å². The van der Waals surface area contributed by atoms with Gasteiger partial charge in [0.1, 0.15) is 0 Å². The maximum Gasteiger partial charge on any atom is 0.343 e. The van der Waals surface area contributed by atoms with Crippen molar-refractivity contribution in [3.8, 4) is 23.8 Å². The molecule has 7 nitrogen and oxygen atoms in total. The Morgan fingerprint density at radius 2 is 2.11 bits per heavy atom. The molecule has 27 heavy (non-hydrogen) atoms. The van der Waals surface area contributed by atoms with Crippen molar-refractivity contribution >= 4 is 57.5 Å². The molecule has 2 rings (SSSR count). The molecule has 1 aliphatic rings. The second kappa shape index (κ2) is 9.66. The van der Waals surface area contributed by atoms with Crippen LogP contribution in [0.3, 0.4) is 0 Å². The van der Waals surface area contributed by atoms with Crippen LogP contribution in [-0.2, 0) is 14.3 Å². The standard InChI is InChI=1S/C18H16INO6S/c1-4-6-20-17(22)14(27-18(20)23)9-11-7-12(19)16(13(8-11)25-5-2)26-10-15(21)24-3/h1,7-9H,5-6,10H2,2-3H3/b14-9+. The first-order chi connectivity index (χ1) is 12.9. The van der Waals surface area contributed by atoms with Crippen LogP contribution in [0.5, 0.6) is 11.5 Å². The normalized spacial score (nSPS) is 15.0. The summed E-state index contributed by atoms with van der Waals surface area (Å²) in [7, 11) is 1.27. The van der Waals surface area contributed by atoms with Crippen LogP contribution in [0.25, 0.3) is 6.08 Å². The number of methoxy groups -OCH3 is 1. The number of benzene rings is 1. The summed E-state index contributed by atoms with van der Waals surface area (Å²) in [4.78, 5) is 36.8. The topological polar surface area (TPSA) is 82.1 Å². The van der Waals surface area contributed by atoms with Gasteiger partial charge >= 0.3 is 5.97 Å². The van der Waals surface area contributed by atoms with Crippen molar-refractivity contribution in [2.45, 2.75) is 6.92 Å². The third kappa shape index (κ3) is 5.17. The average Bonchev–Trinajstić information content (AvgIpc) is 2.89. The number of carbonyl (C=O) groups excluding carboxylic acids is 3. The fourth-order valence-electron chi connectivity index (χ4n) is 2.14. The van der Waals surface area contributed by atoms with Gasteiger partial charge < -0.3 is 14.2 Å². The van der Waals surface area contributed by atoms with Gasteiger partial charge in [-0.15, -0.1) is 6.42 Å². The maximum absolute atomic E-state index is 12.3. The Morgan fingerprint density at radius 1 is 1.37 bits per heavy atom. The van der Waals surface area contributed by atoms with Crippen LogP contribution in [0.2, 0.25) is 0 Å². The van der Waals surface area contributed by atoms with E-state index in [0.29, 0.717) is 27.2 Å². The fourth-order valence-corrected chi connectivity index (χ4v) is 3.76. The maximum atomic E-state index is 12.3. The van der Waals surface area contributed by atoms with Gasteiger partial charge in [0.2, 0.25) is 0 Å². The number of terminal acetylenes is 1. The van der Waals surface area contributed by atoms with Gasteiger partial charge in [-0.25, -0.2) is 4.79 Å². The quantitative estimate of drug-likeness (QED) is 0.246. The molecular formula is C18H16INO6S. The first-order valence-electron chi connectivity index (χ1n) is 7.76. The Balaban J connectivity index is 2.33. The molecule has 0 aliphatic carbocycles. The molecule has 142 valence electrons. The number of esters is 1. The molecule has 0 radical (unpaired) electrons. The van der Waals surface area contributed by atoms with Crippen LogP contribution in [0, 0.1) is 15.9 Å². The van der Waals surface area contributed by atoms with E-state index in [-0.39, 0.29) is 18.1 Å². The Labute approximate surface area is 174 Å². The van der Waals surface area contributed by atoms with Crippen LogP contribution >= 0.6 is 34.4 Å². The summed E-state index contributed by atoms with van der Waals surface area (Å²) in [6.07, 6.45) is 6.78. The molecule has 0 atom stereocenters. The summed E-state index contributed by atoms with van der Waals surface area (Å²) < 4.78 is 16.3. The molecule has 1 fully saturated rings. The molecule has 1 aliphatic heterocycles. The smallest absolute Gasteiger partial charge is 0.343 e. The highest BCUT2D eigenvalue weighted by molar-refractivity contribution is 14.1. The highest BCUT2D eigenvalue weighted by atomic mass is 127. The first-order valence-corrected chi connectivity index (χ1v) is 9.65. The van der Waals surface area contributed by atoms with E-state index < -0.39 is 17.1 Å². The average molecular weight is 501 g/mol. The highest BCUT2D eigenvalue weighted by Crippen LogP contribution is 2.37. The molecule has 0 saturated carbocycles. The third-order valence-corrected chi connectivity index (χ3v) is 5.02. The molecule has 1 heterocycles. The van der Waals surface area contributed by atoms with Crippen LogP contribution < -0.4 is 9.47 Å². The lowest BCUT2D eigenvalue weighted by atomic mass is 10.2. The number of imide groups is 1. The fraction of sp³-hybridized carbons (Fsp3) is 0.278. The minimum atomic E-state index is -0.514. The predicted molar refractivity (Wildman–Crippen MR) is 109 cm³/mol. The summed E-state index contributed by atoms with van der Waals surface area (Å²) in [6.45, 7) is 1.88. The molecular weight excluding hydrogens is 485 g/mol. The predicted octanol–water partition coefficient (Wildman–Crippen LogP) is 2.91. The number of thioether (sulfide) groups is 1. The van der Waals surface area contributed by atoms with Crippen LogP contribution in [0.1, 0.15) is 12.5 Å². The van der Waals surface area contributed by atoms with E-state index in [1.54, 1.807) is 18.2 Å². The van der Waals surface area contributed by atoms with Crippen molar-refractivity contribution in [3.05, 3.63) is 26.2 Å². The molecule has 0 aromatic heterocycles. The van der Waals surface area contributed by atoms with Crippen molar-refractivity contribution in [3.63, 3.8) is 0 Å². The zero-order valence-electron chi connectivity index (χ0n) is 14.6. The Morgan fingerprint density at radius 3 is 2.74 bits per heavy atom. The molecule has 0 unspecified atom stereocenters. The number of amides is 2. The molecule has 0 bridgehead atoms. The zero-order valence-corrected chi connectivity index (χ0v) is 17.6. The lowest BCUT2D eigenvalue weighted by Gasteiger charge is -2.14. The SMILES string of the molecule is C#CCN1C(=O)S/C(=C/c2cc(I)c(OCC(=O)OC)c(OCC)c2)C1=O. The lowest BCUT2D eigenvalue weighted by Crippen LogP contribution is -2.28. The van der Waals surface area contributed by atoms with Gasteiger partial charge in [-0.3, -0.25) is 14.5 Å². The van der Waals surface area contributed by atoms with Crippen molar-refractivity contribution in [2.75, 3.05) is 26.9 Å². The van der Waals surface area contributed by atoms with Gasteiger partial charge in [-0.2, -0.15) is 0 Å². The summed E-state index contributed by atoms with van der Waals surface area (Å²) in [5.74, 6) is 2.17. The van der Waals surface area contributed by atoms with E-state index in [4.69, 9.17) is 15.9 Å². The van der Waals surface area contributed by atoms with Crippen molar-refractivity contribution in [1.82, 2.24) is 4.90 Å². The number of ether oxygens (including phenoxy) is 3. The minimum Gasteiger partial charge on any atom is -0.490 e. The van der Waals surface area contributed by atoms with E-state index in [1.165, 1.54) is 7.11 Å². The van der Waals surface area contributed by atoms with Gasteiger partial charge in [0.25, 0.3) is 11.1 Å². The number of rotatable bonds is 7. The number of hydrogen-bond donors (Lipinski definition) is 0. The minimum absolute atomic E-state index is 0.0654. The molecule has 1 aromatic rings. The molecule has 1 aromatic carbocycles. The summed E-state index contributed by atoms with van der Waals surface area (Å²) in [5, 5.41) is -0.401. The number of halogens is 1. The number of nitrogens with zero attached hydrogens (tertiary/aromatic N) is 1. The second-order valence-electron chi connectivity index (χ2n) is 5.10. The van der Waals surface area contributed by atoms with Crippen LogP contribution in [-0.4, -0.2) is 48.9 Å². The summed E-state index contributed by atoms with van der Waals surface area (Å²) in [5.41, 5.74) is 0.652. The monoisotopic (exact) mass is 501 g/mol. The van der Waals surface area contributed by atoms with Crippen LogP contribution in [0.15, 0.2) is 17.0 Å². The number of carbonyl (C=O) groups is 3. The molecule has 9 heteroatoms. The molecule has 1 saturated heterocycles. The summed E-state index contributed by atoms with van der Waals surface area (Å²) >= 11 is 2.87. The van der Waals surface area contributed by atoms with Crippen LogP contribution in [0.4, 0.5) is 4.79 Å². The van der Waals surface area contributed by atoms with Gasteiger partial charge in [0, 0.05) is 0 Å². The highest BCUT2D eigenvalue weighted by Gasteiger charge is 2.34.